The van der Waals surface area contributed by atoms with E-state index >= 15 is 0 Å². The zero-order valence-corrected chi connectivity index (χ0v) is 7.38. The molecule has 2 heterocycles. The zero-order valence-electron chi connectivity index (χ0n) is 7.38. The lowest BCUT2D eigenvalue weighted by Gasteiger charge is -2.13. The molecule has 0 bridgehead atoms. The van der Waals surface area contributed by atoms with E-state index in [1.165, 1.54) is 30.5 Å². The summed E-state index contributed by atoms with van der Waals surface area (Å²) in [4.78, 5) is 4.56. The Bertz CT molecular complexity index is 404. The van der Waals surface area contributed by atoms with Gasteiger partial charge in [-0.1, -0.05) is 0 Å². The first-order valence-electron chi connectivity index (χ1n) is 4.75. The zero-order chi connectivity index (χ0) is 8.67. The largest absolute Gasteiger partial charge is 0.261 e. The third-order valence-electron chi connectivity index (χ3n) is 2.70. The Morgan fingerprint density at radius 1 is 1.23 bits per heavy atom. The Morgan fingerprint density at radius 3 is 3.15 bits per heavy atom. The number of aromatic nitrogens is 3. The first kappa shape index (κ1) is 7.06. The first-order valence-corrected chi connectivity index (χ1v) is 4.75. The highest BCUT2D eigenvalue weighted by Gasteiger charge is 2.11. The number of nitrogens with one attached hydrogen (secondary N) is 1. The van der Waals surface area contributed by atoms with Crippen molar-refractivity contribution in [2.75, 3.05) is 0 Å². The number of aryl methyl sites for hydroxylation is 2. The number of nitrogens with zero attached hydrogens (tertiary/aromatic N) is 2. The van der Waals surface area contributed by atoms with Crippen molar-refractivity contribution >= 4 is 11.0 Å². The van der Waals surface area contributed by atoms with Crippen molar-refractivity contribution in [3.8, 4) is 0 Å². The molecule has 3 nitrogen and oxygen atoms in total. The van der Waals surface area contributed by atoms with Gasteiger partial charge >= 0.3 is 0 Å². The molecule has 0 aliphatic heterocycles. The van der Waals surface area contributed by atoms with E-state index < -0.39 is 0 Å². The van der Waals surface area contributed by atoms with E-state index in [0.717, 1.165) is 17.5 Å². The normalized spacial score (nSPS) is 16.0. The predicted molar refractivity (Wildman–Crippen MR) is 50.5 cm³/mol. The molecule has 13 heavy (non-hydrogen) atoms. The van der Waals surface area contributed by atoms with Gasteiger partial charge in [-0.15, -0.1) is 0 Å². The number of fused-ring (bicyclic) bond motifs is 2. The number of hydrogen-bond acceptors (Lipinski definition) is 2. The van der Waals surface area contributed by atoms with Gasteiger partial charge in [0.1, 0.15) is 0 Å². The Kier molecular flexibility index (Phi) is 1.39. The summed E-state index contributed by atoms with van der Waals surface area (Å²) in [5.41, 5.74) is 3.61. The van der Waals surface area contributed by atoms with E-state index in [0.29, 0.717) is 0 Å². The Labute approximate surface area is 76.2 Å². The minimum atomic E-state index is 0.931. The highest BCUT2D eigenvalue weighted by Crippen LogP contribution is 2.22. The molecule has 0 fully saturated rings. The van der Waals surface area contributed by atoms with Gasteiger partial charge in [-0.25, -0.2) is 4.98 Å². The quantitative estimate of drug-likeness (QED) is 0.660. The van der Waals surface area contributed by atoms with Gasteiger partial charge in [-0.3, -0.25) is 5.10 Å². The summed E-state index contributed by atoms with van der Waals surface area (Å²) in [6.45, 7) is 0. The SMILES string of the molecule is c1n[nH]c2nc3c(cc12)CCCC3. The van der Waals surface area contributed by atoms with Crippen LogP contribution in [-0.2, 0) is 12.8 Å². The lowest BCUT2D eigenvalue weighted by atomic mass is 9.96. The standard InChI is InChI=1S/C10H11N3/c1-2-4-9-7(3-1)5-8-6-11-13-10(8)12-9/h5-6H,1-4H2,(H,11,12,13). The molecule has 0 aromatic carbocycles. The van der Waals surface area contributed by atoms with Crippen LogP contribution < -0.4 is 0 Å². The molecule has 2 aromatic rings. The summed E-state index contributed by atoms with van der Waals surface area (Å²) in [6.07, 6.45) is 6.74. The fourth-order valence-electron chi connectivity index (χ4n) is 2.00. The van der Waals surface area contributed by atoms with Crippen LogP contribution in [0.4, 0.5) is 0 Å². The van der Waals surface area contributed by atoms with Crippen LogP contribution in [0, 0.1) is 0 Å². The molecule has 1 aliphatic carbocycles. The minimum Gasteiger partial charge on any atom is -0.261 e. The third-order valence-corrected chi connectivity index (χ3v) is 2.70. The molecule has 66 valence electrons. The van der Waals surface area contributed by atoms with Crippen molar-refractivity contribution in [3.63, 3.8) is 0 Å². The van der Waals surface area contributed by atoms with Gasteiger partial charge in [0.25, 0.3) is 0 Å². The molecule has 0 atom stereocenters. The van der Waals surface area contributed by atoms with Crippen LogP contribution in [0.1, 0.15) is 24.1 Å². The van der Waals surface area contributed by atoms with E-state index in [1.807, 2.05) is 6.20 Å². The maximum atomic E-state index is 4.56. The molecule has 0 saturated carbocycles. The monoisotopic (exact) mass is 173 g/mol. The van der Waals surface area contributed by atoms with Crippen LogP contribution in [-0.4, -0.2) is 15.2 Å². The van der Waals surface area contributed by atoms with Gasteiger partial charge in [-0.2, -0.15) is 5.10 Å². The first-order chi connectivity index (χ1) is 6.43. The Morgan fingerprint density at radius 2 is 2.15 bits per heavy atom. The molecule has 0 saturated heterocycles. The van der Waals surface area contributed by atoms with Crippen LogP contribution in [0.15, 0.2) is 12.3 Å². The second-order valence-electron chi connectivity index (χ2n) is 3.61. The van der Waals surface area contributed by atoms with Crippen LogP contribution in [0.25, 0.3) is 11.0 Å². The van der Waals surface area contributed by atoms with Crippen LogP contribution >= 0.6 is 0 Å². The summed E-state index contributed by atoms with van der Waals surface area (Å²) in [6, 6.07) is 2.22. The van der Waals surface area contributed by atoms with Crippen molar-refractivity contribution in [2.45, 2.75) is 25.7 Å². The molecular formula is C10H11N3. The number of rotatable bonds is 0. The predicted octanol–water partition coefficient (Wildman–Crippen LogP) is 1.84. The van der Waals surface area contributed by atoms with Gasteiger partial charge < -0.3 is 0 Å². The highest BCUT2D eigenvalue weighted by molar-refractivity contribution is 5.74. The van der Waals surface area contributed by atoms with Gasteiger partial charge in [0.05, 0.1) is 6.20 Å². The second-order valence-corrected chi connectivity index (χ2v) is 3.61. The van der Waals surface area contributed by atoms with Gasteiger partial charge in [0, 0.05) is 11.1 Å². The highest BCUT2D eigenvalue weighted by atomic mass is 15.1. The molecule has 0 spiro atoms. The van der Waals surface area contributed by atoms with E-state index in [2.05, 4.69) is 21.2 Å². The van der Waals surface area contributed by atoms with E-state index in [-0.39, 0.29) is 0 Å². The van der Waals surface area contributed by atoms with E-state index in [1.54, 1.807) is 0 Å². The molecular weight excluding hydrogens is 162 g/mol. The van der Waals surface area contributed by atoms with Crippen LogP contribution in [0.3, 0.4) is 0 Å². The van der Waals surface area contributed by atoms with Crippen molar-refractivity contribution in [2.24, 2.45) is 0 Å². The lowest BCUT2D eigenvalue weighted by molar-refractivity contribution is 0.671. The smallest absolute Gasteiger partial charge is 0.155 e. The van der Waals surface area contributed by atoms with Gasteiger partial charge in [0.15, 0.2) is 5.65 Å². The molecule has 1 aliphatic rings. The van der Waals surface area contributed by atoms with Crippen molar-refractivity contribution in [1.82, 2.24) is 15.2 Å². The number of pyridine rings is 1. The molecule has 3 heteroatoms. The van der Waals surface area contributed by atoms with Crippen LogP contribution in [0.5, 0.6) is 0 Å². The minimum absolute atomic E-state index is 0.931. The van der Waals surface area contributed by atoms with Crippen LogP contribution in [0.2, 0.25) is 0 Å². The third kappa shape index (κ3) is 1.03. The fourth-order valence-corrected chi connectivity index (χ4v) is 2.00. The number of hydrogen-bond donors (Lipinski definition) is 1. The average Bonchev–Trinajstić information content (AvgIpc) is 2.61. The summed E-state index contributed by atoms with van der Waals surface area (Å²) in [5, 5.41) is 8.03. The molecule has 0 amide bonds. The average molecular weight is 173 g/mol. The van der Waals surface area contributed by atoms with E-state index in [4.69, 9.17) is 0 Å². The lowest BCUT2D eigenvalue weighted by Crippen LogP contribution is -2.04. The molecule has 0 unspecified atom stereocenters. The van der Waals surface area contributed by atoms with Crippen molar-refractivity contribution in [1.29, 1.82) is 0 Å². The van der Waals surface area contributed by atoms with Crippen molar-refractivity contribution in [3.05, 3.63) is 23.5 Å². The van der Waals surface area contributed by atoms with E-state index in [9.17, 15) is 0 Å². The maximum absolute atomic E-state index is 4.56. The summed E-state index contributed by atoms with van der Waals surface area (Å²) in [5.74, 6) is 0. The topological polar surface area (TPSA) is 41.6 Å². The Balaban J connectivity index is 2.28. The van der Waals surface area contributed by atoms with Gasteiger partial charge in [0.2, 0.25) is 0 Å². The maximum Gasteiger partial charge on any atom is 0.155 e. The molecule has 2 aromatic heterocycles. The Hall–Kier alpha value is -1.38. The molecule has 1 N–H and O–H groups in total. The van der Waals surface area contributed by atoms with Crippen molar-refractivity contribution < 1.29 is 0 Å². The summed E-state index contributed by atoms with van der Waals surface area (Å²) < 4.78 is 0. The molecule has 3 rings (SSSR count). The number of aromatic amines is 1. The molecule has 0 radical (unpaired) electrons. The summed E-state index contributed by atoms with van der Waals surface area (Å²) in [7, 11) is 0. The number of H-pyrrole nitrogens is 1. The second kappa shape index (κ2) is 2.55. The fraction of sp³-hybridized carbons (Fsp3) is 0.400. The summed E-state index contributed by atoms with van der Waals surface area (Å²) >= 11 is 0. The van der Waals surface area contributed by atoms with Gasteiger partial charge in [-0.05, 0) is 37.3 Å².